The summed E-state index contributed by atoms with van der Waals surface area (Å²) in [6.07, 6.45) is 4.58. The van der Waals surface area contributed by atoms with Gasteiger partial charge in [-0.1, -0.05) is 34.8 Å². The lowest BCUT2D eigenvalue weighted by Crippen LogP contribution is -2.38. The summed E-state index contributed by atoms with van der Waals surface area (Å²) in [5.74, 6) is 0.125. The van der Waals surface area contributed by atoms with Gasteiger partial charge in [-0.2, -0.15) is 5.10 Å². The minimum absolute atomic E-state index is 0.0323. The first-order valence-corrected chi connectivity index (χ1v) is 11.8. The van der Waals surface area contributed by atoms with Crippen LogP contribution in [0.2, 0.25) is 15.2 Å². The van der Waals surface area contributed by atoms with E-state index < -0.39 is 5.91 Å². The minimum Gasteiger partial charge on any atom is -0.490 e. The summed E-state index contributed by atoms with van der Waals surface area (Å²) in [6, 6.07) is 5.07. The molecule has 3 N–H and O–H groups in total. The van der Waals surface area contributed by atoms with E-state index in [-0.39, 0.29) is 39.1 Å². The topological polar surface area (TPSA) is 119 Å². The fourth-order valence-corrected chi connectivity index (χ4v) is 3.86. The number of amides is 2. The van der Waals surface area contributed by atoms with Crippen molar-refractivity contribution in [1.82, 2.24) is 15.3 Å². The first kappa shape index (κ1) is 25.9. The normalized spacial score (nSPS) is 13.7. The molecule has 34 heavy (non-hydrogen) atoms. The third-order valence-electron chi connectivity index (χ3n) is 4.99. The molecule has 1 aliphatic heterocycles. The number of aromatic nitrogens is 1. The van der Waals surface area contributed by atoms with Gasteiger partial charge < -0.3 is 20.1 Å². The van der Waals surface area contributed by atoms with Crippen molar-refractivity contribution in [2.75, 3.05) is 32.0 Å². The number of nitrogens with zero attached hydrogens (tertiary/aromatic N) is 3. The number of hydrogen-bond donors (Lipinski definition) is 2. The van der Waals surface area contributed by atoms with Gasteiger partial charge in [-0.25, -0.2) is 10.4 Å². The van der Waals surface area contributed by atoms with Crippen molar-refractivity contribution in [2.45, 2.75) is 26.2 Å². The van der Waals surface area contributed by atoms with E-state index in [4.69, 9.17) is 50.0 Å². The van der Waals surface area contributed by atoms with E-state index in [1.807, 2.05) is 11.8 Å². The van der Waals surface area contributed by atoms with E-state index in [0.717, 1.165) is 32.4 Å². The number of piperidine rings is 1. The Bertz CT molecular complexity index is 1090. The number of halogens is 3. The Hall–Kier alpha value is -2.75. The number of carbonyl (C=O) groups excluding carboxylic acids is 2. The zero-order chi connectivity index (χ0) is 24.7. The molecule has 0 unspecified atom stereocenters. The molecule has 0 atom stereocenters. The summed E-state index contributed by atoms with van der Waals surface area (Å²) in [5, 5.41) is 3.61. The summed E-state index contributed by atoms with van der Waals surface area (Å²) in [7, 11) is 0. The van der Waals surface area contributed by atoms with Crippen molar-refractivity contribution in [2.24, 2.45) is 5.10 Å². The highest BCUT2D eigenvalue weighted by Crippen LogP contribution is 2.34. The van der Waals surface area contributed by atoms with Crippen molar-refractivity contribution in [3.05, 3.63) is 44.7 Å². The van der Waals surface area contributed by atoms with Gasteiger partial charge in [-0.15, -0.1) is 0 Å². The molecular formula is C22H24Cl3N5O4. The van der Waals surface area contributed by atoms with Crippen molar-refractivity contribution in [3.63, 3.8) is 0 Å². The van der Waals surface area contributed by atoms with Gasteiger partial charge in [0.25, 0.3) is 11.8 Å². The number of nitrogen functional groups attached to an aromatic ring is 1. The Morgan fingerprint density at radius 3 is 2.59 bits per heavy atom. The molecule has 2 aromatic rings. The second-order valence-electron chi connectivity index (χ2n) is 7.36. The van der Waals surface area contributed by atoms with Crippen LogP contribution in [0.3, 0.4) is 0 Å². The summed E-state index contributed by atoms with van der Waals surface area (Å²) >= 11 is 17.8. The summed E-state index contributed by atoms with van der Waals surface area (Å²) in [6.45, 7) is 3.69. The lowest BCUT2D eigenvalue weighted by atomic mass is 10.1. The molecule has 0 saturated carbocycles. The molecule has 3 rings (SSSR count). The number of hydrazone groups is 1. The maximum Gasteiger partial charge on any atom is 0.291 e. The minimum atomic E-state index is -0.715. The second-order valence-corrected chi connectivity index (χ2v) is 8.48. The third-order valence-corrected chi connectivity index (χ3v) is 6.13. The number of hydrogen-bond acceptors (Lipinski definition) is 7. The molecule has 9 nitrogen and oxygen atoms in total. The first-order chi connectivity index (χ1) is 16.3. The van der Waals surface area contributed by atoms with E-state index in [0.29, 0.717) is 23.7 Å². The van der Waals surface area contributed by atoms with Crippen LogP contribution < -0.4 is 20.6 Å². The van der Waals surface area contributed by atoms with E-state index >= 15 is 0 Å². The smallest absolute Gasteiger partial charge is 0.291 e. The predicted octanol–water partition coefficient (Wildman–Crippen LogP) is 4.18. The highest BCUT2D eigenvalue weighted by molar-refractivity contribution is 6.46. The number of likely N-dealkylation sites (tertiary alicyclic amines) is 1. The van der Waals surface area contributed by atoms with Crippen molar-refractivity contribution in [1.29, 1.82) is 0 Å². The molecule has 0 radical (unpaired) electrons. The quantitative estimate of drug-likeness (QED) is 0.301. The van der Waals surface area contributed by atoms with Gasteiger partial charge in [0, 0.05) is 13.1 Å². The maximum atomic E-state index is 12.4. The molecule has 1 aliphatic rings. The number of anilines is 1. The van der Waals surface area contributed by atoms with Crippen LogP contribution in [-0.2, 0) is 4.79 Å². The summed E-state index contributed by atoms with van der Waals surface area (Å²) in [4.78, 5) is 30.4. The molecule has 0 bridgehead atoms. The summed E-state index contributed by atoms with van der Waals surface area (Å²) in [5.41, 5.74) is 8.40. The average Bonchev–Trinajstić information content (AvgIpc) is 2.84. The Morgan fingerprint density at radius 1 is 1.15 bits per heavy atom. The lowest BCUT2D eigenvalue weighted by Gasteiger charge is -2.26. The Labute approximate surface area is 212 Å². The van der Waals surface area contributed by atoms with Crippen LogP contribution in [0.4, 0.5) is 5.69 Å². The molecule has 1 saturated heterocycles. The Kier molecular flexibility index (Phi) is 9.20. The van der Waals surface area contributed by atoms with Crippen LogP contribution in [0.15, 0.2) is 23.3 Å². The number of benzene rings is 1. The lowest BCUT2D eigenvalue weighted by molar-refractivity contribution is -0.134. The fourth-order valence-electron chi connectivity index (χ4n) is 3.27. The molecule has 2 amide bonds. The Morgan fingerprint density at radius 2 is 1.88 bits per heavy atom. The number of ether oxygens (including phenoxy) is 2. The second kappa shape index (κ2) is 12.1. The van der Waals surface area contributed by atoms with Crippen LogP contribution in [0.25, 0.3) is 0 Å². The van der Waals surface area contributed by atoms with Gasteiger partial charge in [0.2, 0.25) is 0 Å². The average molecular weight is 529 g/mol. The first-order valence-electron chi connectivity index (χ1n) is 10.6. The third kappa shape index (κ3) is 6.43. The standard InChI is InChI=1S/C22H24Cl3N5O4/c1-2-33-15-10-13(6-7-14(15)34-12-16(31)30-8-4-3-5-9-30)11-27-29-22(32)20-17(23)19(26)18(24)21(25)28-20/h6-7,10-11H,2-5,8-9,12H2,1H3,(H2,26,28)(H,29,32)/b27-11+. The molecular weight excluding hydrogens is 505 g/mol. The van der Waals surface area contributed by atoms with Gasteiger partial charge in [0.05, 0.1) is 23.5 Å². The Balaban J connectivity index is 1.65. The number of nitrogens with two attached hydrogens (primary N) is 1. The van der Waals surface area contributed by atoms with Gasteiger partial charge in [-0.3, -0.25) is 9.59 Å². The van der Waals surface area contributed by atoms with Gasteiger partial charge >= 0.3 is 0 Å². The molecule has 12 heteroatoms. The zero-order valence-corrected chi connectivity index (χ0v) is 20.7. The number of pyridine rings is 1. The predicted molar refractivity (Wildman–Crippen MR) is 132 cm³/mol. The highest BCUT2D eigenvalue weighted by atomic mass is 35.5. The summed E-state index contributed by atoms with van der Waals surface area (Å²) < 4.78 is 11.4. The van der Waals surface area contributed by atoms with Crippen molar-refractivity contribution in [3.8, 4) is 11.5 Å². The number of rotatable bonds is 8. The van der Waals surface area contributed by atoms with Gasteiger partial charge in [-0.05, 0) is 49.9 Å². The van der Waals surface area contributed by atoms with Gasteiger partial charge in [0.1, 0.15) is 5.02 Å². The highest BCUT2D eigenvalue weighted by Gasteiger charge is 2.20. The molecule has 1 aromatic carbocycles. The molecule has 2 heterocycles. The molecule has 1 fully saturated rings. The van der Waals surface area contributed by atoms with Crippen LogP contribution in [0.1, 0.15) is 42.2 Å². The monoisotopic (exact) mass is 527 g/mol. The fraction of sp³-hybridized carbons (Fsp3) is 0.364. The molecule has 1 aromatic heterocycles. The SMILES string of the molecule is CCOc1cc(/C=N/NC(=O)c2nc(Cl)c(Cl)c(N)c2Cl)ccc1OCC(=O)N1CCCCC1. The number of carbonyl (C=O) groups is 2. The molecule has 182 valence electrons. The van der Waals surface area contributed by atoms with Crippen LogP contribution in [0.5, 0.6) is 11.5 Å². The maximum absolute atomic E-state index is 12.4. The largest absolute Gasteiger partial charge is 0.490 e. The van der Waals surface area contributed by atoms with Crippen molar-refractivity contribution < 1.29 is 19.1 Å². The molecule has 0 aliphatic carbocycles. The van der Waals surface area contributed by atoms with Crippen LogP contribution >= 0.6 is 34.8 Å². The molecule has 0 spiro atoms. The van der Waals surface area contributed by atoms with Gasteiger partial charge in [0.15, 0.2) is 29.0 Å². The van der Waals surface area contributed by atoms with Crippen LogP contribution in [0, 0.1) is 0 Å². The zero-order valence-electron chi connectivity index (χ0n) is 18.4. The van der Waals surface area contributed by atoms with E-state index in [1.165, 1.54) is 6.21 Å². The van der Waals surface area contributed by atoms with E-state index in [9.17, 15) is 9.59 Å². The van der Waals surface area contributed by atoms with E-state index in [1.54, 1.807) is 18.2 Å². The van der Waals surface area contributed by atoms with Crippen molar-refractivity contribution >= 4 is 58.5 Å². The van der Waals surface area contributed by atoms with E-state index in [2.05, 4.69) is 15.5 Å². The van der Waals surface area contributed by atoms with Crippen LogP contribution in [-0.4, -0.2) is 54.2 Å². The number of nitrogens with one attached hydrogen (secondary N) is 1.